The van der Waals surface area contributed by atoms with E-state index in [4.69, 9.17) is 5.26 Å². The molecule has 0 atom stereocenters. The van der Waals surface area contributed by atoms with Gasteiger partial charge in [0.1, 0.15) is 0 Å². The van der Waals surface area contributed by atoms with E-state index in [1.807, 2.05) is 0 Å². The highest BCUT2D eigenvalue weighted by molar-refractivity contribution is 5.33. The topological polar surface area (TPSA) is 53.2 Å². The number of nitrogens with zero attached hydrogens (tertiary/aromatic N) is 2. The molecular formula is C15H22N2O. The maximum atomic E-state index is 10.2. The highest BCUT2D eigenvalue weighted by Gasteiger charge is 2.26. The molecule has 0 unspecified atom stereocenters. The van der Waals surface area contributed by atoms with Gasteiger partial charge in [0.25, 0.3) is 0 Å². The average molecular weight is 246 g/mol. The van der Waals surface area contributed by atoms with Crippen molar-refractivity contribution in [1.29, 1.82) is 5.26 Å². The fourth-order valence-electron chi connectivity index (χ4n) is 3.58. The predicted molar refractivity (Wildman–Crippen MR) is 69.5 cm³/mol. The van der Waals surface area contributed by atoms with E-state index in [2.05, 4.69) is 11.1 Å². The highest BCUT2D eigenvalue weighted by atomic mass is 16.1. The minimum atomic E-state index is 0.244. The Labute approximate surface area is 109 Å². The largest absolute Gasteiger partial charge is 0.235 e. The molecule has 0 aromatic carbocycles. The van der Waals surface area contributed by atoms with E-state index in [0.29, 0.717) is 5.92 Å². The lowest BCUT2D eigenvalue weighted by molar-refractivity contribution is 0.221. The summed E-state index contributed by atoms with van der Waals surface area (Å²) in [7, 11) is 0. The fraction of sp³-hybridized carbons (Fsp3) is 0.867. The molecule has 0 saturated heterocycles. The van der Waals surface area contributed by atoms with Crippen LogP contribution < -0.4 is 0 Å². The Morgan fingerprint density at radius 1 is 0.944 bits per heavy atom. The number of rotatable bonds is 3. The maximum absolute atomic E-state index is 10.2. The van der Waals surface area contributed by atoms with Crippen molar-refractivity contribution in [3.05, 3.63) is 0 Å². The molecule has 2 saturated carbocycles. The molecule has 2 rings (SSSR count). The third kappa shape index (κ3) is 3.68. The zero-order valence-corrected chi connectivity index (χ0v) is 11.0. The Bertz CT molecular complexity index is 338. The first kappa shape index (κ1) is 13.3. The lowest BCUT2D eigenvalue weighted by atomic mass is 9.74. The maximum Gasteiger partial charge on any atom is 0.235 e. The second kappa shape index (κ2) is 6.71. The van der Waals surface area contributed by atoms with Gasteiger partial charge in [0, 0.05) is 5.92 Å². The quantitative estimate of drug-likeness (QED) is 0.564. The molecule has 0 spiro atoms. The van der Waals surface area contributed by atoms with Crippen molar-refractivity contribution in [1.82, 2.24) is 0 Å². The highest BCUT2D eigenvalue weighted by Crippen LogP contribution is 2.37. The number of hydrogen-bond donors (Lipinski definition) is 0. The number of nitriles is 1. The second-order valence-corrected chi connectivity index (χ2v) is 5.98. The van der Waals surface area contributed by atoms with Gasteiger partial charge in [-0.05, 0) is 69.6 Å². The molecule has 0 aromatic heterocycles. The summed E-state index contributed by atoms with van der Waals surface area (Å²) < 4.78 is 0. The minimum absolute atomic E-state index is 0.244. The van der Waals surface area contributed by atoms with Gasteiger partial charge < -0.3 is 0 Å². The molecule has 2 fully saturated rings. The van der Waals surface area contributed by atoms with E-state index in [1.54, 1.807) is 6.08 Å². The van der Waals surface area contributed by atoms with Crippen LogP contribution in [0.25, 0.3) is 0 Å². The lowest BCUT2D eigenvalue weighted by Crippen LogP contribution is -2.21. The summed E-state index contributed by atoms with van der Waals surface area (Å²) >= 11 is 0. The van der Waals surface area contributed by atoms with Crippen LogP contribution in [0.1, 0.15) is 57.8 Å². The van der Waals surface area contributed by atoms with Crippen LogP contribution in [0.4, 0.5) is 0 Å². The molecule has 2 aliphatic carbocycles. The van der Waals surface area contributed by atoms with Crippen molar-refractivity contribution < 1.29 is 4.79 Å². The number of carbonyl (C=O) groups excluding carboxylic acids is 1. The van der Waals surface area contributed by atoms with Gasteiger partial charge in [-0.2, -0.15) is 5.26 Å². The van der Waals surface area contributed by atoms with Crippen molar-refractivity contribution >= 4 is 6.08 Å². The Balaban J connectivity index is 1.69. The second-order valence-electron chi connectivity index (χ2n) is 5.98. The van der Waals surface area contributed by atoms with Gasteiger partial charge in [0.2, 0.25) is 6.08 Å². The summed E-state index contributed by atoms with van der Waals surface area (Å²) in [5.41, 5.74) is 0. The van der Waals surface area contributed by atoms with Crippen molar-refractivity contribution in [3.8, 4) is 6.07 Å². The van der Waals surface area contributed by atoms with Gasteiger partial charge in [-0.25, -0.2) is 9.79 Å². The van der Waals surface area contributed by atoms with E-state index >= 15 is 0 Å². The minimum Gasteiger partial charge on any atom is -0.211 e. The molecule has 3 heteroatoms. The molecule has 0 bridgehead atoms. The van der Waals surface area contributed by atoms with Crippen LogP contribution in [0.5, 0.6) is 0 Å². The first-order valence-corrected chi connectivity index (χ1v) is 7.28. The van der Waals surface area contributed by atoms with Gasteiger partial charge in [-0.3, -0.25) is 0 Å². The molecule has 2 aliphatic rings. The Kier molecular flexibility index (Phi) is 4.96. The van der Waals surface area contributed by atoms with Crippen LogP contribution in [-0.2, 0) is 4.79 Å². The van der Waals surface area contributed by atoms with E-state index in [9.17, 15) is 4.79 Å². The average Bonchev–Trinajstić information content (AvgIpc) is 2.42. The SMILES string of the molecule is N#C[C@H]1CC[C@H](C[C@H]2CC[C@H](N=C=O)CC2)CC1. The molecule has 98 valence electrons. The van der Waals surface area contributed by atoms with E-state index in [0.717, 1.165) is 37.5 Å². The summed E-state index contributed by atoms with van der Waals surface area (Å²) in [6.07, 6.45) is 12.3. The summed E-state index contributed by atoms with van der Waals surface area (Å²) in [5, 5.41) is 8.89. The summed E-state index contributed by atoms with van der Waals surface area (Å²) in [6.45, 7) is 0. The lowest BCUT2D eigenvalue weighted by Gasteiger charge is -2.31. The zero-order chi connectivity index (χ0) is 12.8. The monoisotopic (exact) mass is 246 g/mol. The first-order valence-electron chi connectivity index (χ1n) is 7.28. The van der Waals surface area contributed by atoms with Crippen molar-refractivity contribution in [3.63, 3.8) is 0 Å². The van der Waals surface area contributed by atoms with Crippen molar-refractivity contribution in [2.45, 2.75) is 63.8 Å². The van der Waals surface area contributed by atoms with Crippen LogP contribution in [0.2, 0.25) is 0 Å². The molecule has 18 heavy (non-hydrogen) atoms. The van der Waals surface area contributed by atoms with Crippen LogP contribution in [-0.4, -0.2) is 12.1 Å². The van der Waals surface area contributed by atoms with E-state index in [-0.39, 0.29) is 6.04 Å². The van der Waals surface area contributed by atoms with E-state index < -0.39 is 0 Å². The third-order valence-corrected chi connectivity index (χ3v) is 4.75. The third-order valence-electron chi connectivity index (χ3n) is 4.75. The van der Waals surface area contributed by atoms with Gasteiger partial charge in [0.05, 0.1) is 12.1 Å². The van der Waals surface area contributed by atoms with Gasteiger partial charge >= 0.3 is 0 Å². The van der Waals surface area contributed by atoms with E-state index in [1.165, 1.54) is 32.1 Å². The normalized spacial score (nSPS) is 36.4. The summed E-state index contributed by atoms with van der Waals surface area (Å²) in [4.78, 5) is 14.1. The molecule has 0 radical (unpaired) electrons. The van der Waals surface area contributed by atoms with Crippen molar-refractivity contribution in [2.75, 3.05) is 0 Å². The number of hydrogen-bond acceptors (Lipinski definition) is 3. The molecule has 0 N–H and O–H groups in total. The summed E-state index contributed by atoms with van der Waals surface area (Å²) in [5.74, 6) is 1.98. The zero-order valence-electron chi connectivity index (χ0n) is 11.0. The Morgan fingerprint density at radius 2 is 1.50 bits per heavy atom. The number of aliphatic imine (C=N–C) groups is 1. The first-order chi connectivity index (χ1) is 8.81. The number of isocyanates is 1. The Hall–Kier alpha value is -1.13. The Morgan fingerprint density at radius 3 is 2.00 bits per heavy atom. The van der Waals surface area contributed by atoms with Gasteiger partial charge in [-0.15, -0.1) is 0 Å². The van der Waals surface area contributed by atoms with Crippen LogP contribution >= 0.6 is 0 Å². The molecule has 0 aromatic rings. The fourth-order valence-corrected chi connectivity index (χ4v) is 3.58. The standard InChI is InChI=1S/C15H22N2O/c16-10-14-3-1-12(2-4-14)9-13-5-7-15(8-6-13)17-11-18/h12-15H,1-9H2/t12-,13-,14-,15-. The van der Waals surface area contributed by atoms with Gasteiger partial charge in [-0.1, -0.05) is 0 Å². The molecular weight excluding hydrogens is 224 g/mol. The summed E-state index contributed by atoms with van der Waals surface area (Å²) in [6, 6.07) is 2.64. The van der Waals surface area contributed by atoms with Crippen LogP contribution in [0.3, 0.4) is 0 Å². The molecule has 0 heterocycles. The van der Waals surface area contributed by atoms with Crippen LogP contribution in [0.15, 0.2) is 4.99 Å². The molecule has 0 amide bonds. The molecule has 3 nitrogen and oxygen atoms in total. The smallest absolute Gasteiger partial charge is 0.211 e. The predicted octanol–water partition coefficient (Wildman–Crippen LogP) is 3.60. The molecule has 0 aliphatic heterocycles. The van der Waals surface area contributed by atoms with Gasteiger partial charge in [0.15, 0.2) is 0 Å². The van der Waals surface area contributed by atoms with Crippen LogP contribution in [0, 0.1) is 29.1 Å². The van der Waals surface area contributed by atoms with Crippen molar-refractivity contribution in [2.24, 2.45) is 22.7 Å².